The predicted molar refractivity (Wildman–Crippen MR) is 117 cm³/mol. The Balaban J connectivity index is 1.37. The molecule has 0 bridgehead atoms. The summed E-state index contributed by atoms with van der Waals surface area (Å²) in [7, 11) is 1.34. The van der Waals surface area contributed by atoms with E-state index in [1.54, 1.807) is 17.5 Å². The van der Waals surface area contributed by atoms with Gasteiger partial charge < -0.3 is 14.2 Å². The number of alkyl halides is 3. The fourth-order valence-electron chi connectivity index (χ4n) is 3.30. The first-order chi connectivity index (χ1) is 16.3. The lowest BCUT2D eigenvalue weighted by Crippen LogP contribution is -2.14. The van der Waals surface area contributed by atoms with Crippen LogP contribution in [0.2, 0.25) is 0 Å². The highest BCUT2D eigenvalue weighted by Gasteiger charge is 2.31. The first-order valence-corrected chi connectivity index (χ1v) is 10.7. The average Bonchev–Trinajstić information content (AvgIpc) is 3.57. The number of nitrogens with one attached hydrogen (secondary N) is 1. The maximum absolute atomic E-state index is 13.1. The molecule has 174 valence electrons. The number of benzene rings is 2. The fourth-order valence-corrected chi connectivity index (χ4v) is 4.01. The molecule has 0 aliphatic carbocycles. The van der Waals surface area contributed by atoms with Crippen LogP contribution in [0, 0.1) is 0 Å². The van der Waals surface area contributed by atoms with Crippen LogP contribution in [0.1, 0.15) is 16.1 Å². The molecule has 1 aliphatic rings. The van der Waals surface area contributed by atoms with E-state index >= 15 is 0 Å². The Morgan fingerprint density at radius 1 is 1.18 bits per heavy atom. The third-order valence-electron chi connectivity index (χ3n) is 4.95. The fraction of sp³-hybridized carbons (Fsp3) is 0.136. The summed E-state index contributed by atoms with van der Waals surface area (Å²) in [5, 5.41) is 8.87. The third-order valence-corrected chi connectivity index (χ3v) is 5.70. The molecule has 1 amide bonds. The van der Waals surface area contributed by atoms with Crippen molar-refractivity contribution in [1.82, 2.24) is 14.8 Å². The molecule has 0 saturated carbocycles. The van der Waals surface area contributed by atoms with Gasteiger partial charge in [0.1, 0.15) is 0 Å². The van der Waals surface area contributed by atoms with E-state index in [2.05, 4.69) is 15.4 Å². The van der Waals surface area contributed by atoms with Crippen molar-refractivity contribution in [3.05, 3.63) is 65.3 Å². The number of nitrogens with zero attached hydrogens (tertiary/aromatic N) is 3. The molecule has 4 aromatic rings. The van der Waals surface area contributed by atoms with Crippen molar-refractivity contribution in [3.63, 3.8) is 0 Å². The number of halogens is 3. The predicted octanol–water partition coefficient (Wildman–Crippen LogP) is 5.00. The van der Waals surface area contributed by atoms with Crippen LogP contribution >= 0.6 is 11.3 Å². The first kappa shape index (κ1) is 21.8. The topological polar surface area (TPSA) is 87.5 Å². The largest absolute Gasteiger partial charge is 0.493 e. The van der Waals surface area contributed by atoms with Crippen molar-refractivity contribution in [2.75, 3.05) is 19.2 Å². The molecule has 0 spiro atoms. The number of fused-ring (bicyclic) bond motifs is 1. The standard InChI is InChI=1S/C22H15F3N4O4S/c1-31-18-9-29(14-4-2-3-13(8-14)22(23,24)25)28-19(18)20(30)27-21-26-15(10-34-21)12-5-6-16-17(7-12)33-11-32-16/h2-10H,11H2,1H3,(H,26,27,30). The van der Waals surface area contributed by atoms with Gasteiger partial charge in [0.05, 0.1) is 30.3 Å². The molecule has 0 atom stereocenters. The monoisotopic (exact) mass is 488 g/mol. The van der Waals surface area contributed by atoms with Crippen LogP contribution < -0.4 is 19.5 Å². The Bertz CT molecular complexity index is 1380. The maximum Gasteiger partial charge on any atom is 0.416 e. The van der Waals surface area contributed by atoms with Crippen LogP contribution in [0.5, 0.6) is 17.2 Å². The summed E-state index contributed by atoms with van der Waals surface area (Å²) in [6, 6.07) is 10.0. The SMILES string of the molecule is COc1cn(-c2cccc(C(F)(F)F)c2)nc1C(=O)Nc1nc(-c2ccc3c(c2)OCO3)cs1. The number of methoxy groups -OCH3 is 1. The number of hydrogen-bond donors (Lipinski definition) is 1. The van der Waals surface area contributed by atoms with Gasteiger partial charge in [0.25, 0.3) is 5.91 Å². The lowest BCUT2D eigenvalue weighted by Gasteiger charge is -2.08. The molecule has 0 saturated heterocycles. The minimum Gasteiger partial charge on any atom is -0.493 e. The third kappa shape index (κ3) is 4.15. The van der Waals surface area contributed by atoms with E-state index < -0.39 is 17.6 Å². The summed E-state index contributed by atoms with van der Waals surface area (Å²) in [5.41, 5.74) is 0.614. The number of carbonyl (C=O) groups excluding carboxylic acids is 1. The van der Waals surface area contributed by atoms with Crippen molar-refractivity contribution in [3.8, 4) is 34.2 Å². The minimum absolute atomic E-state index is 0.0975. The van der Waals surface area contributed by atoms with Gasteiger partial charge in [0, 0.05) is 10.9 Å². The number of anilines is 1. The Morgan fingerprint density at radius 2 is 2.00 bits per heavy atom. The molecule has 3 heterocycles. The molecule has 8 nitrogen and oxygen atoms in total. The van der Waals surface area contributed by atoms with Crippen LogP contribution in [-0.2, 0) is 6.18 Å². The molecule has 5 rings (SSSR count). The minimum atomic E-state index is -4.51. The highest BCUT2D eigenvalue weighted by Crippen LogP contribution is 2.37. The van der Waals surface area contributed by atoms with Gasteiger partial charge in [-0.1, -0.05) is 6.07 Å². The smallest absolute Gasteiger partial charge is 0.416 e. The molecular weight excluding hydrogens is 473 g/mol. The number of ether oxygens (including phenoxy) is 3. The second-order valence-corrected chi connectivity index (χ2v) is 7.96. The van der Waals surface area contributed by atoms with Crippen LogP contribution in [0.3, 0.4) is 0 Å². The van der Waals surface area contributed by atoms with Crippen LogP contribution in [0.15, 0.2) is 54.0 Å². The van der Waals surface area contributed by atoms with Gasteiger partial charge in [-0.15, -0.1) is 11.3 Å². The maximum atomic E-state index is 13.1. The molecule has 2 aromatic heterocycles. The summed E-state index contributed by atoms with van der Waals surface area (Å²) in [4.78, 5) is 17.3. The molecular formula is C22H15F3N4O4S. The summed E-state index contributed by atoms with van der Waals surface area (Å²) in [5.74, 6) is 0.744. The first-order valence-electron chi connectivity index (χ1n) is 9.80. The average molecular weight is 488 g/mol. The molecule has 12 heteroatoms. The highest BCUT2D eigenvalue weighted by atomic mass is 32.1. The van der Waals surface area contributed by atoms with E-state index in [1.807, 2.05) is 6.07 Å². The van der Waals surface area contributed by atoms with Crippen LogP contribution in [0.25, 0.3) is 16.9 Å². The molecule has 0 unspecified atom stereocenters. The van der Waals surface area contributed by atoms with Gasteiger partial charge in [-0.2, -0.15) is 18.3 Å². The van der Waals surface area contributed by atoms with E-state index in [4.69, 9.17) is 14.2 Å². The number of thiazole rings is 1. The van der Waals surface area contributed by atoms with E-state index in [1.165, 1.54) is 36.8 Å². The van der Waals surface area contributed by atoms with Gasteiger partial charge in [-0.25, -0.2) is 9.67 Å². The molecule has 1 N–H and O–H groups in total. The van der Waals surface area contributed by atoms with Crippen molar-refractivity contribution >= 4 is 22.4 Å². The van der Waals surface area contributed by atoms with Crippen molar-refractivity contribution in [2.45, 2.75) is 6.18 Å². The van der Waals surface area contributed by atoms with E-state index in [-0.39, 0.29) is 23.9 Å². The number of hydrogen-bond acceptors (Lipinski definition) is 7. The van der Waals surface area contributed by atoms with Crippen LogP contribution in [-0.4, -0.2) is 34.6 Å². The number of rotatable bonds is 5. The lowest BCUT2D eigenvalue weighted by atomic mass is 10.1. The van der Waals surface area contributed by atoms with Crippen molar-refractivity contribution in [2.24, 2.45) is 0 Å². The quantitative estimate of drug-likeness (QED) is 0.425. The zero-order valence-electron chi connectivity index (χ0n) is 17.4. The van der Waals surface area contributed by atoms with Gasteiger partial charge in [-0.05, 0) is 36.4 Å². The van der Waals surface area contributed by atoms with E-state index in [0.717, 1.165) is 22.4 Å². The number of carbonyl (C=O) groups is 1. The highest BCUT2D eigenvalue weighted by molar-refractivity contribution is 7.14. The molecule has 34 heavy (non-hydrogen) atoms. The Labute approximate surface area is 194 Å². The zero-order chi connectivity index (χ0) is 23.9. The Morgan fingerprint density at radius 3 is 2.79 bits per heavy atom. The second kappa shape index (κ2) is 8.37. The van der Waals surface area contributed by atoms with Gasteiger partial charge in [0.2, 0.25) is 6.79 Å². The zero-order valence-corrected chi connectivity index (χ0v) is 18.2. The normalized spacial score (nSPS) is 12.6. The molecule has 0 radical (unpaired) electrons. The van der Waals surface area contributed by atoms with E-state index in [0.29, 0.717) is 22.3 Å². The second-order valence-electron chi connectivity index (χ2n) is 7.10. The Hall–Kier alpha value is -4.06. The number of aromatic nitrogens is 3. The van der Waals surface area contributed by atoms with Gasteiger partial charge in [0.15, 0.2) is 28.1 Å². The molecule has 0 fully saturated rings. The molecule has 1 aliphatic heterocycles. The lowest BCUT2D eigenvalue weighted by molar-refractivity contribution is -0.137. The number of amides is 1. The summed E-state index contributed by atoms with van der Waals surface area (Å²) in [6.07, 6.45) is -3.17. The van der Waals surface area contributed by atoms with Crippen molar-refractivity contribution in [1.29, 1.82) is 0 Å². The van der Waals surface area contributed by atoms with Gasteiger partial charge in [-0.3, -0.25) is 10.1 Å². The Kier molecular flexibility index (Phi) is 5.36. The summed E-state index contributed by atoms with van der Waals surface area (Å²) >= 11 is 1.21. The van der Waals surface area contributed by atoms with Gasteiger partial charge >= 0.3 is 6.18 Å². The molecule has 2 aromatic carbocycles. The van der Waals surface area contributed by atoms with Crippen molar-refractivity contribution < 1.29 is 32.2 Å². The van der Waals surface area contributed by atoms with E-state index in [9.17, 15) is 18.0 Å². The summed E-state index contributed by atoms with van der Waals surface area (Å²) < 4.78 is 56.2. The van der Waals surface area contributed by atoms with Crippen LogP contribution in [0.4, 0.5) is 18.3 Å². The summed E-state index contributed by atoms with van der Waals surface area (Å²) in [6.45, 7) is 0.159.